The van der Waals surface area contributed by atoms with Crippen LogP contribution in [0.2, 0.25) is 0 Å². The molecule has 7 heteroatoms. The number of hydrogen-bond donors (Lipinski definition) is 1. The first kappa shape index (κ1) is 16.1. The number of hydrogen-bond acceptors (Lipinski definition) is 4. The van der Waals surface area contributed by atoms with Crippen molar-refractivity contribution in [3.8, 4) is 11.5 Å². The lowest BCUT2D eigenvalue weighted by Crippen LogP contribution is -2.41. The molecular formula is C18H15B2NO4. The smallest absolute Gasteiger partial charge is 0.258 e. The normalized spacial score (nSPS) is 18.6. The van der Waals surface area contributed by atoms with Crippen LogP contribution in [0.1, 0.15) is 15.9 Å². The molecule has 1 N–H and O–H groups in total. The molecule has 0 spiro atoms. The van der Waals surface area contributed by atoms with E-state index in [9.17, 15) is 9.90 Å². The van der Waals surface area contributed by atoms with Crippen molar-refractivity contribution in [3.05, 3.63) is 41.5 Å². The van der Waals surface area contributed by atoms with Gasteiger partial charge in [-0.15, -0.1) is 0 Å². The molecular weight excluding hydrogens is 316 g/mol. The largest absolute Gasteiger partial charge is 0.506 e. The number of aromatic hydroxyl groups is 1. The van der Waals surface area contributed by atoms with E-state index in [1.165, 1.54) is 6.08 Å². The molecule has 1 saturated heterocycles. The highest BCUT2D eigenvalue weighted by Gasteiger charge is 2.31. The lowest BCUT2D eigenvalue weighted by molar-refractivity contribution is 0.0302. The van der Waals surface area contributed by atoms with Gasteiger partial charge in [-0.2, -0.15) is 0 Å². The second-order valence-corrected chi connectivity index (χ2v) is 6.21. The van der Waals surface area contributed by atoms with Gasteiger partial charge in [0.05, 0.1) is 24.3 Å². The standard InChI is InChI=1S/C18H15B2NO4/c19-18(20)6-5-13-15(22)14(17(23)21-7-9-24-10-8-21)11-3-1-2-4-12(11)16(13)25-18/h1-6,22H,7-10H2. The van der Waals surface area contributed by atoms with E-state index in [4.69, 9.17) is 25.2 Å². The maximum Gasteiger partial charge on any atom is 0.258 e. The molecule has 4 rings (SSSR count). The summed E-state index contributed by atoms with van der Waals surface area (Å²) < 4.78 is 11.0. The van der Waals surface area contributed by atoms with E-state index in [-0.39, 0.29) is 17.2 Å². The molecule has 2 aliphatic heterocycles. The monoisotopic (exact) mass is 331 g/mol. The first-order valence-corrected chi connectivity index (χ1v) is 8.08. The maximum absolute atomic E-state index is 13.0. The average Bonchev–Trinajstić information content (AvgIpc) is 2.61. The Bertz CT molecular complexity index is 888. The van der Waals surface area contributed by atoms with Crippen molar-refractivity contribution in [1.82, 2.24) is 4.90 Å². The average molecular weight is 331 g/mol. The van der Waals surface area contributed by atoms with E-state index >= 15 is 0 Å². The van der Waals surface area contributed by atoms with Gasteiger partial charge in [0.15, 0.2) is 0 Å². The number of benzene rings is 2. The molecule has 2 aromatic rings. The molecule has 4 radical (unpaired) electrons. The molecule has 2 heterocycles. The third-order valence-corrected chi connectivity index (χ3v) is 4.48. The van der Waals surface area contributed by atoms with Crippen LogP contribution < -0.4 is 4.74 Å². The molecule has 1 amide bonds. The number of phenolic OH excluding ortho intramolecular Hbond substituents is 1. The highest BCUT2D eigenvalue weighted by molar-refractivity contribution is 6.41. The number of carbonyl (C=O) groups excluding carboxylic acids is 1. The van der Waals surface area contributed by atoms with Crippen LogP contribution >= 0.6 is 0 Å². The van der Waals surface area contributed by atoms with Crippen LogP contribution in [-0.2, 0) is 4.74 Å². The zero-order valence-electron chi connectivity index (χ0n) is 13.6. The number of rotatable bonds is 1. The highest BCUT2D eigenvalue weighted by Crippen LogP contribution is 2.44. The lowest BCUT2D eigenvalue weighted by Gasteiger charge is -2.32. The first-order valence-electron chi connectivity index (χ1n) is 8.08. The van der Waals surface area contributed by atoms with Crippen molar-refractivity contribution >= 4 is 38.4 Å². The van der Waals surface area contributed by atoms with Gasteiger partial charge in [0.25, 0.3) is 5.91 Å². The van der Waals surface area contributed by atoms with Gasteiger partial charge in [0, 0.05) is 29.3 Å². The minimum absolute atomic E-state index is 0.128. The predicted molar refractivity (Wildman–Crippen MR) is 96.2 cm³/mol. The van der Waals surface area contributed by atoms with Gasteiger partial charge in [0.2, 0.25) is 0 Å². The Labute approximate surface area is 148 Å². The minimum atomic E-state index is -1.46. The number of carbonyl (C=O) groups is 1. The Hall–Kier alpha value is -2.40. The Morgan fingerprint density at radius 1 is 1.16 bits per heavy atom. The van der Waals surface area contributed by atoms with Crippen molar-refractivity contribution in [1.29, 1.82) is 0 Å². The molecule has 0 aromatic heterocycles. The molecule has 5 nitrogen and oxygen atoms in total. The summed E-state index contributed by atoms with van der Waals surface area (Å²) in [6.45, 7) is 1.96. The van der Waals surface area contributed by atoms with Crippen molar-refractivity contribution < 1.29 is 19.4 Å². The number of phenols is 1. The van der Waals surface area contributed by atoms with Gasteiger partial charge >= 0.3 is 0 Å². The van der Waals surface area contributed by atoms with Gasteiger partial charge in [-0.3, -0.25) is 4.79 Å². The van der Waals surface area contributed by atoms with E-state index in [0.29, 0.717) is 48.4 Å². The van der Waals surface area contributed by atoms with Gasteiger partial charge in [-0.1, -0.05) is 30.3 Å². The van der Waals surface area contributed by atoms with Crippen LogP contribution in [0, 0.1) is 0 Å². The molecule has 1 fully saturated rings. The second kappa shape index (κ2) is 5.85. The molecule has 0 unspecified atom stereocenters. The van der Waals surface area contributed by atoms with Crippen molar-refractivity contribution in [3.63, 3.8) is 0 Å². The Balaban J connectivity index is 1.94. The van der Waals surface area contributed by atoms with Gasteiger partial charge in [-0.05, 0) is 6.08 Å². The Morgan fingerprint density at radius 2 is 1.84 bits per heavy atom. The lowest BCUT2D eigenvalue weighted by atomic mass is 9.64. The summed E-state index contributed by atoms with van der Waals surface area (Å²) in [4.78, 5) is 14.7. The summed E-state index contributed by atoms with van der Waals surface area (Å²) >= 11 is 0. The first-order chi connectivity index (χ1) is 12.0. The molecule has 122 valence electrons. The van der Waals surface area contributed by atoms with Crippen LogP contribution in [0.5, 0.6) is 11.5 Å². The van der Waals surface area contributed by atoms with Crippen LogP contribution in [-0.4, -0.2) is 63.3 Å². The molecule has 0 atom stereocenters. The summed E-state index contributed by atoms with van der Waals surface area (Å²) in [6, 6.07) is 7.23. The molecule has 0 aliphatic carbocycles. The van der Waals surface area contributed by atoms with Crippen LogP contribution in [0.3, 0.4) is 0 Å². The number of nitrogens with zero attached hydrogens (tertiary/aromatic N) is 1. The number of ether oxygens (including phenoxy) is 2. The summed E-state index contributed by atoms with van der Waals surface area (Å²) in [7, 11) is 11.7. The number of morpholine rings is 1. The fourth-order valence-corrected chi connectivity index (χ4v) is 3.24. The van der Waals surface area contributed by atoms with Gasteiger partial charge in [-0.25, -0.2) is 0 Å². The zero-order chi connectivity index (χ0) is 17.6. The summed E-state index contributed by atoms with van der Waals surface area (Å²) in [5, 5.41) is 10.6. The molecule has 2 aromatic carbocycles. The quantitative estimate of drug-likeness (QED) is 0.803. The number of fused-ring (bicyclic) bond motifs is 3. The molecule has 25 heavy (non-hydrogen) atoms. The van der Waals surface area contributed by atoms with Crippen LogP contribution in [0.4, 0.5) is 0 Å². The van der Waals surface area contributed by atoms with E-state index in [2.05, 4.69) is 0 Å². The van der Waals surface area contributed by atoms with E-state index in [1.54, 1.807) is 23.1 Å². The second-order valence-electron chi connectivity index (χ2n) is 6.21. The topological polar surface area (TPSA) is 59.0 Å². The van der Waals surface area contributed by atoms with Gasteiger partial charge < -0.3 is 19.5 Å². The van der Waals surface area contributed by atoms with Crippen LogP contribution in [0.25, 0.3) is 16.8 Å². The summed E-state index contributed by atoms with van der Waals surface area (Å²) in [6.07, 6.45) is 3.05. The third-order valence-electron chi connectivity index (χ3n) is 4.48. The molecule has 0 saturated carbocycles. The van der Waals surface area contributed by atoms with E-state index < -0.39 is 5.40 Å². The maximum atomic E-state index is 13.0. The van der Waals surface area contributed by atoms with Crippen LogP contribution in [0.15, 0.2) is 30.3 Å². The third kappa shape index (κ3) is 2.68. The molecule has 2 aliphatic rings. The minimum Gasteiger partial charge on any atom is -0.506 e. The molecule has 0 bridgehead atoms. The predicted octanol–water partition coefficient (Wildman–Crippen LogP) is 1.41. The van der Waals surface area contributed by atoms with Gasteiger partial charge in [0.1, 0.15) is 27.2 Å². The summed E-state index contributed by atoms with van der Waals surface area (Å²) in [5.74, 6) is 0.0154. The van der Waals surface area contributed by atoms with Crippen molar-refractivity contribution in [2.24, 2.45) is 0 Å². The number of amides is 1. The van der Waals surface area contributed by atoms with Crippen molar-refractivity contribution in [2.75, 3.05) is 26.3 Å². The fraction of sp³-hybridized carbons (Fsp3) is 0.278. The highest BCUT2D eigenvalue weighted by atomic mass is 16.5. The Kier molecular flexibility index (Phi) is 3.76. The fourth-order valence-electron chi connectivity index (χ4n) is 3.24. The SMILES string of the molecule is [B]C1([B])C=Cc2c(O)c(C(=O)N3CCOCC3)c3ccccc3c2O1. The van der Waals surface area contributed by atoms with E-state index in [1.807, 2.05) is 12.1 Å². The van der Waals surface area contributed by atoms with Crippen molar-refractivity contribution in [2.45, 2.75) is 5.40 Å². The summed E-state index contributed by atoms with van der Waals surface area (Å²) in [5.41, 5.74) is 0.660. The van der Waals surface area contributed by atoms with E-state index in [0.717, 1.165) is 0 Å². The Morgan fingerprint density at radius 3 is 2.56 bits per heavy atom. The zero-order valence-corrected chi connectivity index (χ0v) is 13.6.